The molecule has 5 heteroatoms. The van der Waals surface area contributed by atoms with E-state index in [2.05, 4.69) is 44.3 Å². The van der Waals surface area contributed by atoms with E-state index in [4.69, 9.17) is 10.00 Å². The molecule has 21 heavy (non-hydrogen) atoms. The lowest BCUT2D eigenvalue weighted by Gasteiger charge is -2.45. The summed E-state index contributed by atoms with van der Waals surface area (Å²) in [7, 11) is 0. The zero-order valence-electron chi connectivity index (χ0n) is 11.4. The maximum Gasteiger partial charge on any atom is 0.146 e. The average Bonchev–Trinajstić information content (AvgIpc) is 3.00. The van der Waals surface area contributed by atoms with E-state index >= 15 is 0 Å². The van der Waals surface area contributed by atoms with Crippen molar-refractivity contribution in [2.45, 2.75) is 28.9 Å². The molecule has 0 amide bonds. The molecule has 1 unspecified atom stereocenters. The number of aromatic nitrogens is 2. The normalized spacial score (nSPS) is 27.0. The van der Waals surface area contributed by atoms with Gasteiger partial charge in [-0.2, -0.15) is 5.26 Å². The molecule has 2 aromatic rings. The number of hydrogen-bond donors (Lipinski definition) is 0. The summed E-state index contributed by atoms with van der Waals surface area (Å²) in [6, 6.07) is 8.21. The zero-order chi connectivity index (χ0) is 14.4. The van der Waals surface area contributed by atoms with Crippen molar-refractivity contribution < 1.29 is 4.74 Å². The molecule has 0 saturated carbocycles. The summed E-state index contributed by atoms with van der Waals surface area (Å²) in [6.45, 7) is 1.55. The molecule has 0 radical (unpaired) electrons. The molecule has 1 spiro atoms. The van der Waals surface area contributed by atoms with Crippen molar-refractivity contribution in [3.05, 3.63) is 53.1 Å². The van der Waals surface area contributed by atoms with Gasteiger partial charge in [-0.3, -0.25) is 0 Å². The van der Waals surface area contributed by atoms with Gasteiger partial charge in [0.25, 0.3) is 0 Å². The van der Waals surface area contributed by atoms with Gasteiger partial charge in [-0.05, 0) is 36.1 Å². The van der Waals surface area contributed by atoms with Gasteiger partial charge in [0.15, 0.2) is 0 Å². The first-order chi connectivity index (χ1) is 10.3. The summed E-state index contributed by atoms with van der Waals surface area (Å²) in [5.74, 6) is 0. The lowest BCUT2D eigenvalue weighted by molar-refractivity contribution is -0.0503. The molecule has 1 aromatic heterocycles. The Morgan fingerprint density at radius 3 is 3.24 bits per heavy atom. The molecule has 1 aromatic carbocycles. The first-order valence-corrected chi connectivity index (χ1v) is 8.32. The number of imidazole rings is 1. The van der Waals surface area contributed by atoms with E-state index in [9.17, 15) is 0 Å². The van der Waals surface area contributed by atoms with Crippen LogP contribution in [0, 0.1) is 11.3 Å². The minimum Gasteiger partial charge on any atom is -0.361 e. The Hall–Kier alpha value is -1.39. The fraction of sp³-hybridized carbons (Fsp3) is 0.375. The smallest absolute Gasteiger partial charge is 0.146 e. The summed E-state index contributed by atoms with van der Waals surface area (Å²) in [5.41, 5.74) is 3.88. The Kier molecular flexibility index (Phi) is 3.05. The average molecular weight is 391 g/mol. The van der Waals surface area contributed by atoms with Gasteiger partial charge >= 0.3 is 0 Å². The van der Waals surface area contributed by atoms with E-state index in [1.54, 1.807) is 0 Å². The number of fused-ring (bicyclic) bond motifs is 4. The van der Waals surface area contributed by atoms with Gasteiger partial charge in [0, 0.05) is 6.54 Å². The standard InChI is InChI=1S/C16H14IN3O/c17-14-4-2-12-7-11(8-18)1-3-13(12)16(14)15-9-19-10-20(15)5-6-21-16/h1,3,7,9-10,14H,2,4-6H2/t14-,16?/m0/s1. The van der Waals surface area contributed by atoms with Crippen LogP contribution < -0.4 is 0 Å². The lowest BCUT2D eigenvalue weighted by Crippen LogP contribution is -2.48. The second-order valence-electron chi connectivity index (χ2n) is 5.55. The highest BCUT2D eigenvalue weighted by molar-refractivity contribution is 14.1. The molecule has 0 bridgehead atoms. The highest BCUT2D eigenvalue weighted by Crippen LogP contribution is 2.48. The lowest BCUT2D eigenvalue weighted by atomic mass is 9.76. The number of ether oxygens (including phenoxy) is 1. The molecule has 2 aliphatic rings. The van der Waals surface area contributed by atoms with Gasteiger partial charge in [0.05, 0.1) is 40.4 Å². The number of alkyl halides is 1. The van der Waals surface area contributed by atoms with Gasteiger partial charge in [-0.15, -0.1) is 0 Å². The first-order valence-electron chi connectivity index (χ1n) is 7.08. The van der Waals surface area contributed by atoms with Crippen molar-refractivity contribution in [1.29, 1.82) is 5.26 Å². The molecule has 4 nitrogen and oxygen atoms in total. The summed E-state index contributed by atoms with van der Waals surface area (Å²) < 4.78 is 8.92. The van der Waals surface area contributed by atoms with Crippen LogP contribution in [-0.2, 0) is 23.3 Å². The van der Waals surface area contributed by atoms with Crippen LogP contribution in [0.1, 0.15) is 28.8 Å². The molecule has 1 aliphatic carbocycles. The molecule has 0 N–H and O–H groups in total. The zero-order valence-corrected chi connectivity index (χ0v) is 13.6. The molecular weight excluding hydrogens is 377 g/mol. The van der Waals surface area contributed by atoms with Crippen molar-refractivity contribution >= 4 is 22.6 Å². The minimum atomic E-state index is -0.420. The quantitative estimate of drug-likeness (QED) is 0.513. The van der Waals surface area contributed by atoms with Crippen molar-refractivity contribution in [2.24, 2.45) is 0 Å². The van der Waals surface area contributed by atoms with Crippen molar-refractivity contribution in [1.82, 2.24) is 9.55 Å². The largest absolute Gasteiger partial charge is 0.361 e. The van der Waals surface area contributed by atoms with Crippen LogP contribution in [-0.4, -0.2) is 20.1 Å². The SMILES string of the molecule is N#Cc1ccc2c(c1)CC[C@H](I)C21OCCn2cncc21. The van der Waals surface area contributed by atoms with Crippen LogP contribution in [0.15, 0.2) is 30.7 Å². The van der Waals surface area contributed by atoms with Crippen molar-refractivity contribution in [2.75, 3.05) is 6.61 Å². The molecule has 1 aliphatic heterocycles. The third-order valence-corrected chi connectivity index (χ3v) is 6.00. The Morgan fingerprint density at radius 1 is 1.48 bits per heavy atom. The topological polar surface area (TPSA) is 50.8 Å². The third kappa shape index (κ3) is 1.79. The maximum atomic E-state index is 9.12. The van der Waals surface area contributed by atoms with Gasteiger partial charge < -0.3 is 9.30 Å². The number of rotatable bonds is 0. The molecule has 2 heterocycles. The van der Waals surface area contributed by atoms with Crippen LogP contribution >= 0.6 is 22.6 Å². The number of nitriles is 1. The molecule has 2 atom stereocenters. The van der Waals surface area contributed by atoms with Crippen molar-refractivity contribution in [3.8, 4) is 6.07 Å². The van der Waals surface area contributed by atoms with E-state index in [0.717, 1.165) is 30.6 Å². The van der Waals surface area contributed by atoms with E-state index in [1.807, 2.05) is 24.7 Å². The summed E-state index contributed by atoms with van der Waals surface area (Å²) in [4.78, 5) is 4.32. The summed E-state index contributed by atoms with van der Waals surface area (Å²) in [6.07, 6.45) is 5.87. The van der Waals surface area contributed by atoms with E-state index in [1.165, 1.54) is 11.1 Å². The number of benzene rings is 1. The van der Waals surface area contributed by atoms with E-state index in [-0.39, 0.29) is 0 Å². The molecular formula is C16H14IN3O. The molecule has 4 rings (SSSR count). The van der Waals surface area contributed by atoms with Crippen LogP contribution in [0.5, 0.6) is 0 Å². The molecule has 106 valence electrons. The Bertz CT molecular complexity index is 748. The predicted octanol–water partition coefficient (Wildman–Crippen LogP) is 2.78. The fourth-order valence-electron chi connectivity index (χ4n) is 3.54. The third-order valence-electron chi connectivity index (χ3n) is 4.50. The second-order valence-corrected chi connectivity index (χ2v) is 7.05. The second kappa shape index (κ2) is 4.82. The summed E-state index contributed by atoms with van der Waals surface area (Å²) in [5, 5.41) is 9.12. The number of aryl methyl sites for hydroxylation is 1. The van der Waals surface area contributed by atoms with E-state index in [0.29, 0.717) is 10.5 Å². The molecule has 0 fully saturated rings. The van der Waals surface area contributed by atoms with Gasteiger partial charge in [0.1, 0.15) is 5.60 Å². The Balaban J connectivity index is 1.97. The van der Waals surface area contributed by atoms with Crippen LogP contribution in [0.2, 0.25) is 0 Å². The highest BCUT2D eigenvalue weighted by Gasteiger charge is 2.49. The summed E-state index contributed by atoms with van der Waals surface area (Å²) >= 11 is 2.51. The number of halogens is 1. The van der Waals surface area contributed by atoms with E-state index < -0.39 is 5.60 Å². The van der Waals surface area contributed by atoms with Crippen LogP contribution in [0.3, 0.4) is 0 Å². The maximum absolute atomic E-state index is 9.12. The molecule has 0 saturated heterocycles. The van der Waals surface area contributed by atoms with Gasteiger partial charge in [-0.25, -0.2) is 4.98 Å². The first kappa shape index (κ1) is 13.3. The highest BCUT2D eigenvalue weighted by atomic mass is 127. The Labute approximate surface area is 136 Å². The number of nitrogens with zero attached hydrogens (tertiary/aromatic N) is 3. The fourth-order valence-corrected chi connectivity index (χ4v) is 4.69. The van der Waals surface area contributed by atoms with Gasteiger partial charge in [-0.1, -0.05) is 28.7 Å². The number of hydrogen-bond acceptors (Lipinski definition) is 3. The minimum absolute atomic E-state index is 0.367. The predicted molar refractivity (Wildman–Crippen MR) is 86.2 cm³/mol. The van der Waals surface area contributed by atoms with Crippen LogP contribution in [0.25, 0.3) is 0 Å². The van der Waals surface area contributed by atoms with Crippen molar-refractivity contribution in [3.63, 3.8) is 0 Å². The Morgan fingerprint density at radius 2 is 2.38 bits per heavy atom. The van der Waals surface area contributed by atoms with Gasteiger partial charge in [0.2, 0.25) is 0 Å². The monoisotopic (exact) mass is 391 g/mol. The van der Waals surface area contributed by atoms with Crippen LogP contribution in [0.4, 0.5) is 0 Å².